The zero-order valence-electron chi connectivity index (χ0n) is 7.36. The van der Waals surface area contributed by atoms with Gasteiger partial charge in [0.15, 0.2) is 0 Å². The Hall–Kier alpha value is -0.470. The van der Waals surface area contributed by atoms with Gasteiger partial charge in [0.25, 0.3) is 0 Å². The molecule has 0 aliphatic rings. The van der Waals surface area contributed by atoms with Gasteiger partial charge in [-0.05, 0) is 6.07 Å². The molecule has 0 atom stereocenters. The van der Waals surface area contributed by atoms with E-state index < -0.39 is 0 Å². The largest absolute Gasteiger partial charge is 0.372 e. The minimum absolute atomic E-state index is 0.537. The Morgan fingerprint density at radius 2 is 1.92 bits per heavy atom. The van der Waals surface area contributed by atoms with Crippen LogP contribution >= 0.6 is 23.2 Å². The molecule has 1 aromatic rings. The minimum atomic E-state index is 0.537. The third kappa shape index (κ3) is 3.28. The molecule has 2 nitrogen and oxygen atoms in total. The standard InChI is InChI=1S/C6H6Cl2N2.C2H6/c1-9-6-5(8)2-4(7)3-10-6;1-2/h2-3H,1H3,(H,9,10);1-2H3. The van der Waals surface area contributed by atoms with E-state index in [9.17, 15) is 0 Å². The highest BCUT2D eigenvalue weighted by molar-refractivity contribution is 6.35. The number of anilines is 1. The smallest absolute Gasteiger partial charge is 0.144 e. The van der Waals surface area contributed by atoms with Gasteiger partial charge >= 0.3 is 0 Å². The molecule has 1 heterocycles. The average Bonchev–Trinajstić information content (AvgIpc) is 2.08. The summed E-state index contributed by atoms with van der Waals surface area (Å²) in [5, 5.41) is 3.90. The van der Waals surface area contributed by atoms with Crippen LogP contribution in [0.5, 0.6) is 0 Å². The minimum Gasteiger partial charge on any atom is -0.372 e. The Labute approximate surface area is 82.9 Å². The molecule has 68 valence electrons. The molecule has 1 N–H and O–H groups in total. The van der Waals surface area contributed by atoms with Crippen LogP contribution in [-0.2, 0) is 0 Å². The zero-order chi connectivity index (χ0) is 9.56. The third-order valence-corrected chi connectivity index (χ3v) is 1.54. The van der Waals surface area contributed by atoms with Gasteiger partial charge in [0, 0.05) is 13.2 Å². The van der Waals surface area contributed by atoms with Crippen LogP contribution in [0.3, 0.4) is 0 Å². The molecule has 0 fully saturated rings. The van der Waals surface area contributed by atoms with Crippen LogP contribution in [0.2, 0.25) is 10.0 Å². The SMILES string of the molecule is CC.CNc1ncc(Cl)cc1Cl. The van der Waals surface area contributed by atoms with Crippen molar-refractivity contribution in [3.63, 3.8) is 0 Å². The van der Waals surface area contributed by atoms with E-state index in [2.05, 4.69) is 10.3 Å². The number of hydrogen-bond acceptors (Lipinski definition) is 2. The molecule has 0 aliphatic heterocycles. The van der Waals surface area contributed by atoms with Gasteiger partial charge in [-0.3, -0.25) is 0 Å². The number of nitrogens with zero attached hydrogens (tertiary/aromatic N) is 1. The maximum Gasteiger partial charge on any atom is 0.144 e. The summed E-state index contributed by atoms with van der Waals surface area (Å²) in [5.41, 5.74) is 0. The lowest BCUT2D eigenvalue weighted by Crippen LogP contribution is -1.91. The summed E-state index contributed by atoms with van der Waals surface area (Å²) in [5.74, 6) is 0.645. The molecule has 0 spiro atoms. The normalized spacial score (nSPS) is 8.42. The summed E-state index contributed by atoms with van der Waals surface area (Å²) < 4.78 is 0. The van der Waals surface area contributed by atoms with Gasteiger partial charge in [0.05, 0.1) is 10.0 Å². The molecule has 12 heavy (non-hydrogen) atoms. The van der Waals surface area contributed by atoms with E-state index in [1.54, 1.807) is 19.3 Å². The predicted octanol–water partition coefficient (Wildman–Crippen LogP) is 3.46. The first kappa shape index (κ1) is 11.5. The molecule has 0 radical (unpaired) electrons. The molecule has 0 bridgehead atoms. The number of hydrogen-bond donors (Lipinski definition) is 1. The van der Waals surface area contributed by atoms with Gasteiger partial charge in [-0.15, -0.1) is 0 Å². The van der Waals surface area contributed by atoms with Crippen molar-refractivity contribution in [3.8, 4) is 0 Å². The van der Waals surface area contributed by atoms with E-state index in [4.69, 9.17) is 23.2 Å². The van der Waals surface area contributed by atoms with Crippen molar-refractivity contribution < 1.29 is 0 Å². The van der Waals surface area contributed by atoms with E-state index in [0.29, 0.717) is 15.9 Å². The highest BCUT2D eigenvalue weighted by atomic mass is 35.5. The second-order valence-electron chi connectivity index (χ2n) is 1.73. The second kappa shape index (κ2) is 6.09. The quantitative estimate of drug-likeness (QED) is 0.762. The van der Waals surface area contributed by atoms with Crippen LogP contribution in [-0.4, -0.2) is 12.0 Å². The highest BCUT2D eigenvalue weighted by Gasteiger charge is 1.98. The van der Waals surface area contributed by atoms with Crippen molar-refractivity contribution in [1.29, 1.82) is 0 Å². The first-order valence-electron chi connectivity index (χ1n) is 3.73. The maximum atomic E-state index is 5.72. The lowest BCUT2D eigenvalue weighted by Gasteiger charge is -2.00. The second-order valence-corrected chi connectivity index (χ2v) is 2.58. The van der Waals surface area contributed by atoms with Crippen molar-refractivity contribution in [1.82, 2.24) is 4.98 Å². The molecular formula is C8H12Cl2N2. The van der Waals surface area contributed by atoms with E-state index >= 15 is 0 Å². The van der Waals surface area contributed by atoms with E-state index in [1.807, 2.05) is 13.8 Å². The number of aromatic nitrogens is 1. The van der Waals surface area contributed by atoms with Gasteiger partial charge in [-0.25, -0.2) is 4.98 Å². The summed E-state index contributed by atoms with van der Waals surface area (Å²) >= 11 is 11.3. The molecular weight excluding hydrogens is 195 g/mol. The third-order valence-electron chi connectivity index (χ3n) is 1.04. The number of rotatable bonds is 1. The fourth-order valence-electron chi connectivity index (χ4n) is 0.599. The van der Waals surface area contributed by atoms with Crippen LogP contribution in [0.25, 0.3) is 0 Å². The molecule has 0 saturated carbocycles. The van der Waals surface area contributed by atoms with Crippen LogP contribution in [0, 0.1) is 0 Å². The number of nitrogens with one attached hydrogen (secondary N) is 1. The van der Waals surface area contributed by atoms with E-state index in [0.717, 1.165) is 0 Å². The Balaban J connectivity index is 0.000000561. The Morgan fingerprint density at radius 1 is 1.33 bits per heavy atom. The molecule has 0 aliphatic carbocycles. The van der Waals surface area contributed by atoms with Gasteiger partial charge in [0.1, 0.15) is 5.82 Å². The molecule has 0 amide bonds. The lowest BCUT2D eigenvalue weighted by atomic mass is 10.4. The highest BCUT2D eigenvalue weighted by Crippen LogP contribution is 2.21. The van der Waals surface area contributed by atoms with Gasteiger partial charge < -0.3 is 5.32 Å². The van der Waals surface area contributed by atoms with E-state index in [1.165, 1.54) is 0 Å². The molecule has 0 unspecified atom stereocenters. The average molecular weight is 207 g/mol. The zero-order valence-corrected chi connectivity index (χ0v) is 8.87. The molecule has 4 heteroatoms. The van der Waals surface area contributed by atoms with Crippen LogP contribution in [0.1, 0.15) is 13.8 Å². The topological polar surface area (TPSA) is 24.9 Å². The predicted molar refractivity (Wildman–Crippen MR) is 55.2 cm³/mol. The van der Waals surface area contributed by atoms with Gasteiger partial charge in [-0.2, -0.15) is 0 Å². The van der Waals surface area contributed by atoms with Crippen LogP contribution < -0.4 is 5.32 Å². The van der Waals surface area contributed by atoms with Gasteiger partial charge in [-0.1, -0.05) is 37.0 Å². The number of halogens is 2. The molecule has 0 aromatic carbocycles. The maximum absolute atomic E-state index is 5.72. The van der Waals surface area contributed by atoms with Crippen molar-refractivity contribution in [2.45, 2.75) is 13.8 Å². The monoisotopic (exact) mass is 206 g/mol. The Bertz CT molecular complexity index is 238. The Kier molecular flexibility index (Phi) is 5.85. The summed E-state index contributed by atoms with van der Waals surface area (Å²) in [6, 6.07) is 1.64. The summed E-state index contributed by atoms with van der Waals surface area (Å²) in [7, 11) is 1.75. The van der Waals surface area contributed by atoms with Crippen LogP contribution in [0.15, 0.2) is 12.3 Å². The molecule has 1 rings (SSSR count). The summed E-state index contributed by atoms with van der Waals surface area (Å²) in [4.78, 5) is 3.92. The van der Waals surface area contributed by atoms with Crippen molar-refractivity contribution in [2.75, 3.05) is 12.4 Å². The van der Waals surface area contributed by atoms with E-state index in [-0.39, 0.29) is 0 Å². The lowest BCUT2D eigenvalue weighted by molar-refractivity contribution is 1.29. The fraction of sp³-hybridized carbons (Fsp3) is 0.375. The van der Waals surface area contributed by atoms with Crippen molar-refractivity contribution in [3.05, 3.63) is 22.3 Å². The fourth-order valence-corrected chi connectivity index (χ4v) is 1.07. The molecule has 0 saturated heterocycles. The first-order chi connectivity index (χ1) is 5.74. The molecule has 1 aromatic heterocycles. The van der Waals surface area contributed by atoms with Crippen LogP contribution in [0.4, 0.5) is 5.82 Å². The summed E-state index contributed by atoms with van der Waals surface area (Å²) in [6.45, 7) is 4.00. The summed E-state index contributed by atoms with van der Waals surface area (Å²) in [6.07, 6.45) is 1.54. The first-order valence-corrected chi connectivity index (χ1v) is 4.48. The van der Waals surface area contributed by atoms with Crippen molar-refractivity contribution in [2.24, 2.45) is 0 Å². The van der Waals surface area contributed by atoms with Crippen molar-refractivity contribution >= 4 is 29.0 Å². The number of pyridine rings is 1. The Morgan fingerprint density at radius 3 is 2.33 bits per heavy atom. The van der Waals surface area contributed by atoms with Gasteiger partial charge in [0.2, 0.25) is 0 Å².